The van der Waals surface area contributed by atoms with Gasteiger partial charge in [0, 0.05) is 101 Å². The van der Waals surface area contributed by atoms with Crippen molar-refractivity contribution in [2.45, 2.75) is 0 Å². The molecule has 0 aliphatic heterocycles. The van der Waals surface area contributed by atoms with Crippen LogP contribution < -0.4 is 9.80 Å². The molecule has 0 N–H and O–H groups in total. The fourth-order valence-corrected chi connectivity index (χ4v) is 23.7. The third-order valence-electron chi connectivity index (χ3n) is 30.2. The Labute approximate surface area is 841 Å². The zero-order chi connectivity index (χ0) is 96.0. The topological polar surface area (TPSA) is 42.6 Å². The molecule has 30 rings (SSSR count). The maximum absolute atomic E-state index is 6.50. The summed E-state index contributed by atoms with van der Waals surface area (Å²) in [7, 11) is 0. The lowest BCUT2D eigenvalue weighted by atomic mass is 9.83. The fourth-order valence-electron chi connectivity index (χ4n) is 23.7. The van der Waals surface area contributed by atoms with Crippen molar-refractivity contribution < 1.29 is 8.83 Å². The highest BCUT2D eigenvalue weighted by atomic mass is 16.3. The van der Waals surface area contributed by atoms with Crippen LogP contribution in [0.2, 0.25) is 0 Å². The first-order valence-electron chi connectivity index (χ1n) is 50.1. The van der Waals surface area contributed by atoms with Crippen LogP contribution in [0.25, 0.3) is 252 Å². The van der Waals surface area contributed by atoms with Gasteiger partial charge in [0.05, 0.1) is 22.1 Å². The molecule has 0 amide bonds. The van der Waals surface area contributed by atoms with Crippen molar-refractivity contribution in [2.24, 2.45) is 0 Å². The van der Waals surface area contributed by atoms with Gasteiger partial charge >= 0.3 is 0 Å². The fraction of sp³-hybridized carbons (Fsp3) is 0. The summed E-state index contributed by atoms with van der Waals surface area (Å²) in [6.07, 6.45) is 0. The van der Waals surface area contributed by atoms with E-state index < -0.39 is 0 Å². The minimum absolute atomic E-state index is 0.887. The summed E-state index contributed by atoms with van der Waals surface area (Å²) < 4.78 is 17.8. The van der Waals surface area contributed by atoms with Crippen LogP contribution in [0.3, 0.4) is 0 Å². The van der Waals surface area contributed by atoms with E-state index in [-0.39, 0.29) is 0 Å². The maximum atomic E-state index is 6.50. The van der Waals surface area contributed by atoms with Crippen molar-refractivity contribution >= 4 is 208 Å². The van der Waals surface area contributed by atoms with Gasteiger partial charge in [-0.25, -0.2) is 0 Å². The first-order chi connectivity index (χ1) is 72.4. The van der Waals surface area contributed by atoms with E-state index in [1.54, 1.807) is 0 Å². The van der Waals surface area contributed by atoms with Crippen LogP contribution in [0.4, 0.5) is 34.1 Å². The number of fused-ring (bicyclic) bond motifs is 22. The molecule has 0 unspecified atom stereocenters. The van der Waals surface area contributed by atoms with E-state index in [2.05, 4.69) is 541 Å². The lowest BCUT2D eigenvalue weighted by Crippen LogP contribution is -2.09. The second-order valence-corrected chi connectivity index (χ2v) is 38.3. The molecular weight excluding hydrogens is 1770 g/mol. The predicted octanol–water partition coefficient (Wildman–Crippen LogP) is 39.5. The smallest absolute Gasteiger partial charge is 0.137 e. The van der Waals surface area contributed by atoms with Crippen molar-refractivity contribution in [1.29, 1.82) is 0 Å². The average Bonchev–Trinajstić information content (AvgIpc) is 0.732. The third kappa shape index (κ3) is 13.7. The Morgan fingerprint density at radius 1 is 0.137 bits per heavy atom. The first kappa shape index (κ1) is 83.6. The Bertz CT molecular complexity index is 10400. The molecule has 0 fully saturated rings. The van der Waals surface area contributed by atoms with Gasteiger partial charge in [0.2, 0.25) is 0 Å². The standard InChI is InChI=1S/C76H44N2O2.C64H44N2/c1-2-16-45(17-3-1)58-38-48-18-4-5-19-51(48)59-39-65-66(40-60(58)59)76(47-32-36-50(37-33-47)78-68-27-13-9-21-53(68)62-42-64-55-23-11-15-29-72(55)80-74(64)44-70(62)78)57-25-7-6-24-56(57)75(65)46-30-34-49(35-31-46)77-67-26-12-8-20-52(67)61-41-63-54-22-10-14-28-71(54)79-73(63)43-69(61)77;1-6-20-45(21-7-1)58-42-48-22-16-17-31-55(48)59-43-61-62(44-60(58)59)64(47-36-40-54(41-37-47)66(51-27-12-4-13-28-51)52-29-14-5-15-30-52)57-33-19-18-32-56(57)63(61)46-34-38-53(39-35-46)65(49-23-8-2-9-24-49)50-25-10-3-11-26-50/h1-44H;1-44H. The average molecular weight is 1860 g/mol. The number of aromatic nitrogens is 2. The van der Waals surface area contributed by atoms with Gasteiger partial charge in [-0.3, -0.25) is 0 Å². The van der Waals surface area contributed by atoms with Gasteiger partial charge in [0.25, 0.3) is 0 Å². The van der Waals surface area contributed by atoms with Crippen molar-refractivity contribution in [1.82, 2.24) is 9.13 Å². The molecule has 0 saturated carbocycles. The summed E-state index contributed by atoms with van der Waals surface area (Å²) in [6, 6.07) is 195. The van der Waals surface area contributed by atoms with Gasteiger partial charge < -0.3 is 27.8 Å². The quantitative estimate of drug-likeness (QED) is 0.0804. The molecule has 0 radical (unpaired) electrons. The third-order valence-corrected chi connectivity index (χ3v) is 30.2. The van der Waals surface area contributed by atoms with Crippen LogP contribution in [0, 0.1) is 0 Å². The highest BCUT2D eigenvalue weighted by Crippen LogP contribution is 2.54. The molecule has 0 aliphatic carbocycles. The summed E-state index contributed by atoms with van der Waals surface area (Å²) in [5.74, 6) is 0. The number of hydrogen-bond acceptors (Lipinski definition) is 4. The number of furan rings is 2. The highest BCUT2D eigenvalue weighted by Gasteiger charge is 2.28. The van der Waals surface area contributed by atoms with Gasteiger partial charge in [-0.05, 0) is 323 Å². The van der Waals surface area contributed by atoms with E-state index in [0.717, 1.165) is 123 Å². The van der Waals surface area contributed by atoms with E-state index in [9.17, 15) is 0 Å². The van der Waals surface area contributed by atoms with Gasteiger partial charge in [0.15, 0.2) is 0 Å². The lowest BCUT2D eigenvalue weighted by Gasteiger charge is -2.26. The molecule has 4 aromatic heterocycles. The molecule has 0 saturated heterocycles. The van der Waals surface area contributed by atoms with Crippen molar-refractivity contribution in [3.8, 4) is 78.1 Å². The molecule has 680 valence electrons. The van der Waals surface area contributed by atoms with Gasteiger partial charge in [-0.15, -0.1) is 0 Å². The van der Waals surface area contributed by atoms with E-state index in [0.29, 0.717) is 0 Å². The van der Waals surface area contributed by atoms with Crippen LogP contribution in [0.1, 0.15) is 0 Å². The zero-order valence-electron chi connectivity index (χ0n) is 79.4. The number of hydrogen-bond donors (Lipinski definition) is 0. The summed E-state index contributed by atoms with van der Waals surface area (Å²) in [5.41, 5.74) is 31.4. The molecule has 30 aromatic rings. The Balaban J connectivity index is 0.000000141. The summed E-state index contributed by atoms with van der Waals surface area (Å²) in [6.45, 7) is 0. The Kier molecular flexibility index (Phi) is 19.6. The Morgan fingerprint density at radius 2 is 0.390 bits per heavy atom. The van der Waals surface area contributed by atoms with E-state index in [4.69, 9.17) is 8.83 Å². The molecule has 6 nitrogen and oxygen atoms in total. The maximum Gasteiger partial charge on any atom is 0.137 e. The molecular formula is C140H88N4O2. The molecule has 4 heterocycles. The number of nitrogens with zero attached hydrogens (tertiary/aromatic N) is 4. The second-order valence-electron chi connectivity index (χ2n) is 38.3. The summed E-state index contributed by atoms with van der Waals surface area (Å²) in [5, 5.41) is 29.0. The van der Waals surface area contributed by atoms with Crippen LogP contribution in [-0.2, 0) is 0 Å². The molecule has 0 bridgehead atoms. The normalized spacial score (nSPS) is 11.8. The lowest BCUT2D eigenvalue weighted by molar-refractivity contribution is 0.669. The Hall–Kier alpha value is -19.4. The molecule has 146 heavy (non-hydrogen) atoms. The van der Waals surface area contributed by atoms with Gasteiger partial charge in [-0.2, -0.15) is 0 Å². The van der Waals surface area contributed by atoms with Crippen molar-refractivity contribution in [3.63, 3.8) is 0 Å². The SMILES string of the molecule is c1ccc(-c2cc3ccccc3c3cc4c(-c5ccc(-n6c7ccccc7c7cc8c(cc76)oc6ccccc68)cc5)c5ccccc5c(-c5ccc(-n6c7ccccc7c7cc8c(cc76)oc6ccccc68)cc5)c4cc23)cc1.c1ccc(-c2cc3ccccc3c3cc4c(-c5ccc(N(c6ccccc6)c6ccccc6)cc5)c5ccccc5c(-c5ccc(N(c6ccccc6)c6ccccc6)cc5)c4cc23)cc1. The largest absolute Gasteiger partial charge is 0.456 e. The summed E-state index contributed by atoms with van der Waals surface area (Å²) in [4.78, 5) is 4.66. The highest BCUT2D eigenvalue weighted by molar-refractivity contribution is 6.30. The summed E-state index contributed by atoms with van der Waals surface area (Å²) >= 11 is 0. The number of rotatable bonds is 14. The van der Waals surface area contributed by atoms with E-state index in [1.807, 2.05) is 12.1 Å². The Morgan fingerprint density at radius 3 is 0.726 bits per heavy atom. The number of benzene rings is 26. The van der Waals surface area contributed by atoms with Crippen LogP contribution in [0.5, 0.6) is 0 Å². The molecule has 0 aliphatic rings. The predicted molar refractivity (Wildman–Crippen MR) is 618 cm³/mol. The monoisotopic (exact) mass is 1860 g/mol. The van der Waals surface area contributed by atoms with Crippen LogP contribution >= 0.6 is 0 Å². The number of anilines is 6. The van der Waals surface area contributed by atoms with Crippen LogP contribution in [0.15, 0.2) is 543 Å². The first-order valence-corrected chi connectivity index (χ1v) is 50.1. The van der Waals surface area contributed by atoms with Crippen LogP contribution in [-0.4, -0.2) is 9.13 Å². The van der Waals surface area contributed by atoms with E-state index >= 15 is 0 Å². The minimum atomic E-state index is 0.887. The number of para-hydroxylation sites is 8. The molecule has 26 aromatic carbocycles. The molecule has 0 spiro atoms. The van der Waals surface area contributed by atoms with Gasteiger partial charge in [0.1, 0.15) is 22.3 Å². The van der Waals surface area contributed by atoms with Crippen molar-refractivity contribution in [2.75, 3.05) is 9.80 Å². The minimum Gasteiger partial charge on any atom is -0.456 e. The second kappa shape index (κ2) is 34.3. The zero-order valence-corrected chi connectivity index (χ0v) is 79.4. The molecule has 0 atom stereocenters. The van der Waals surface area contributed by atoms with E-state index in [1.165, 1.54) is 163 Å². The van der Waals surface area contributed by atoms with Gasteiger partial charge in [-0.1, -0.05) is 352 Å². The van der Waals surface area contributed by atoms with Crippen molar-refractivity contribution in [3.05, 3.63) is 534 Å². The molecule has 6 heteroatoms.